The van der Waals surface area contributed by atoms with E-state index >= 15 is 0 Å². The van der Waals surface area contributed by atoms with Crippen LogP contribution in [0.3, 0.4) is 0 Å². The third kappa shape index (κ3) is 3.96. The first-order valence-electron chi connectivity index (χ1n) is 13.9. The van der Waals surface area contributed by atoms with E-state index in [0.717, 1.165) is 51.5 Å². The van der Waals surface area contributed by atoms with Crippen LogP contribution in [0.2, 0.25) is 0 Å². The molecule has 1 aromatic heterocycles. The number of hydrogen-bond acceptors (Lipinski definition) is 4. The third-order valence-electron chi connectivity index (χ3n) is 8.69. The fourth-order valence-corrected chi connectivity index (χ4v) is 6.76. The Kier molecular flexibility index (Phi) is 5.45. The maximum absolute atomic E-state index is 12.9. The first-order chi connectivity index (χ1) is 18.9. The molecule has 1 saturated carbocycles. The third-order valence-corrected chi connectivity index (χ3v) is 8.69. The summed E-state index contributed by atoms with van der Waals surface area (Å²) in [4.78, 5) is 23.3. The van der Waals surface area contributed by atoms with Gasteiger partial charge in [-0.05, 0) is 74.8 Å². The van der Waals surface area contributed by atoms with E-state index in [4.69, 9.17) is 14.7 Å². The number of ether oxygens (including phenoxy) is 1. The fourth-order valence-electron chi connectivity index (χ4n) is 6.76. The van der Waals surface area contributed by atoms with Crippen LogP contribution in [0.5, 0.6) is 5.75 Å². The highest BCUT2D eigenvalue weighted by atomic mass is 16.5. The summed E-state index contributed by atoms with van der Waals surface area (Å²) >= 11 is 0. The number of fused-ring (bicyclic) bond motifs is 9. The minimum atomic E-state index is -0.241. The van der Waals surface area contributed by atoms with Gasteiger partial charge in [-0.25, -0.2) is 9.97 Å². The van der Waals surface area contributed by atoms with Gasteiger partial charge in [-0.15, -0.1) is 0 Å². The number of aromatic nitrogens is 2. The van der Waals surface area contributed by atoms with Crippen molar-refractivity contribution in [2.45, 2.75) is 51.6 Å². The molecule has 2 heterocycles. The van der Waals surface area contributed by atoms with Crippen LogP contribution in [0.4, 0.5) is 0 Å². The molecule has 4 aromatic carbocycles. The number of nitrogens with zero attached hydrogens (tertiary/aromatic N) is 2. The quantitative estimate of drug-likeness (QED) is 0.0997. The van der Waals surface area contributed by atoms with Crippen LogP contribution in [-0.4, -0.2) is 21.4 Å². The average Bonchev–Trinajstić information content (AvgIpc) is 2.95. The highest BCUT2D eigenvalue weighted by molar-refractivity contribution is 6.13. The van der Waals surface area contributed by atoms with Crippen LogP contribution in [0.25, 0.3) is 32.8 Å². The minimum absolute atomic E-state index is 0.229. The van der Waals surface area contributed by atoms with E-state index in [-0.39, 0.29) is 11.4 Å². The Hall–Kier alpha value is -4.23. The number of benzene rings is 4. The van der Waals surface area contributed by atoms with Crippen molar-refractivity contribution >= 4 is 38.6 Å². The molecule has 5 aromatic rings. The van der Waals surface area contributed by atoms with Gasteiger partial charge in [0.2, 0.25) is 5.78 Å². The highest BCUT2D eigenvalue weighted by Gasteiger charge is 2.47. The SMILES string of the molecule is C[C@H]1CCC2[C@H](C1)c1c(c3ccccc3c3nc4cc(C(=O)C#Cc5ccccc5)ccc4nc13)OC2(C)C. The standard InChI is InChI=1S/C35H30N2O2/c1-21-13-16-27-26(19-21)31-33-32(24-11-7-8-12-25(24)34(31)39-35(27,2)3)37-29-20-23(15-17-28(29)36-33)30(38)18-14-22-9-5-4-6-10-22/h4-12,15,17,20-21,26-27H,13,16,19H2,1-3H3/t21-,26-,27?/m0/s1. The number of carbonyl (C=O) groups excluding carboxylic acids is 1. The summed E-state index contributed by atoms with van der Waals surface area (Å²) in [6.45, 7) is 6.85. The molecule has 1 fully saturated rings. The van der Waals surface area contributed by atoms with E-state index in [2.05, 4.69) is 50.8 Å². The molecule has 7 rings (SSSR count). The number of hydrogen-bond donors (Lipinski definition) is 0. The lowest BCUT2D eigenvalue weighted by molar-refractivity contribution is -0.0115. The molecule has 4 heteroatoms. The second kappa shape index (κ2) is 8.92. The molecule has 4 nitrogen and oxygen atoms in total. The summed E-state index contributed by atoms with van der Waals surface area (Å²) in [5.74, 6) is 7.95. The lowest BCUT2D eigenvalue weighted by Crippen LogP contribution is -2.46. The molecule has 2 aliphatic rings. The largest absolute Gasteiger partial charge is 0.487 e. The first kappa shape index (κ1) is 23.9. The number of rotatable bonds is 1. The fraction of sp³-hybridized carbons (Fsp3) is 0.286. The van der Waals surface area contributed by atoms with Crippen molar-refractivity contribution in [2.24, 2.45) is 11.8 Å². The Labute approximate surface area is 228 Å². The second-order valence-electron chi connectivity index (χ2n) is 11.7. The molecule has 39 heavy (non-hydrogen) atoms. The second-order valence-corrected chi connectivity index (χ2v) is 11.7. The van der Waals surface area contributed by atoms with Crippen molar-refractivity contribution in [1.82, 2.24) is 9.97 Å². The van der Waals surface area contributed by atoms with Gasteiger partial charge in [0.25, 0.3) is 0 Å². The molecule has 0 saturated heterocycles. The van der Waals surface area contributed by atoms with Gasteiger partial charge in [0, 0.05) is 33.4 Å². The minimum Gasteiger partial charge on any atom is -0.487 e. The Morgan fingerprint density at radius 1 is 0.897 bits per heavy atom. The van der Waals surface area contributed by atoms with Crippen molar-refractivity contribution in [3.63, 3.8) is 0 Å². The zero-order valence-corrected chi connectivity index (χ0v) is 22.5. The van der Waals surface area contributed by atoms with Crippen LogP contribution in [0.15, 0.2) is 72.8 Å². The Morgan fingerprint density at radius 3 is 2.46 bits per heavy atom. The van der Waals surface area contributed by atoms with Crippen molar-refractivity contribution < 1.29 is 9.53 Å². The molecule has 1 aliphatic carbocycles. The first-order valence-corrected chi connectivity index (χ1v) is 13.9. The van der Waals surface area contributed by atoms with Crippen molar-refractivity contribution in [2.75, 3.05) is 0 Å². The number of carbonyl (C=O) groups is 1. The number of ketones is 1. The van der Waals surface area contributed by atoms with E-state index in [1.807, 2.05) is 54.6 Å². The summed E-state index contributed by atoms with van der Waals surface area (Å²) < 4.78 is 6.84. The molecule has 192 valence electrons. The van der Waals surface area contributed by atoms with Gasteiger partial charge in [-0.2, -0.15) is 0 Å². The lowest BCUT2D eigenvalue weighted by Gasteiger charge is -2.49. The average molecular weight is 511 g/mol. The summed E-state index contributed by atoms with van der Waals surface area (Å²) in [5, 5.41) is 2.11. The van der Waals surface area contributed by atoms with Crippen molar-refractivity contribution in [3.05, 3.63) is 89.5 Å². The van der Waals surface area contributed by atoms with Crippen LogP contribution in [0, 0.1) is 23.7 Å². The molecule has 1 aliphatic heterocycles. The molecule has 3 atom stereocenters. The zero-order chi connectivity index (χ0) is 26.7. The van der Waals surface area contributed by atoms with E-state index in [1.165, 1.54) is 12.0 Å². The summed E-state index contributed by atoms with van der Waals surface area (Å²) in [6, 6.07) is 23.4. The smallest absolute Gasteiger partial charge is 0.236 e. The van der Waals surface area contributed by atoms with Crippen LogP contribution in [-0.2, 0) is 0 Å². The Bertz CT molecular complexity index is 1850. The van der Waals surface area contributed by atoms with Crippen molar-refractivity contribution in [1.29, 1.82) is 0 Å². The lowest BCUT2D eigenvalue weighted by atomic mass is 9.64. The topological polar surface area (TPSA) is 52.1 Å². The van der Waals surface area contributed by atoms with Crippen LogP contribution in [0.1, 0.15) is 67.4 Å². The van der Waals surface area contributed by atoms with Gasteiger partial charge >= 0.3 is 0 Å². The summed E-state index contributed by atoms with van der Waals surface area (Å²) in [6.07, 6.45) is 3.52. The highest BCUT2D eigenvalue weighted by Crippen LogP contribution is 2.56. The molecule has 0 radical (unpaired) electrons. The molecule has 1 unspecified atom stereocenters. The molecule has 0 N–H and O–H groups in total. The van der Waals surface area contributed by atoms with Crippen molar-refractivity contribution in [3.8, 4) is 17.6 Å². The Balaban J connectivity index is 1.43. The zero-order valence-electron chi connectivity index (χ0n) is 22.5. The molecule has 0 amide bonds. The van der Waals surface area contributed by atoms with Gasteiger partial charge in [0.1, 0.15) is 11.4 Å². The molecule has 0 bridgehead atoms. The molecular weight excluding hydrogens is 480 g/mol. The predicted octanol–water partition coefficient (Wildman–Crippen LogP) is 7.86. The van der Waals surface area contributed by atoms with Gasteiger partial charge in [0.15, 0.2) is 0 Å². The Morgan fingerprint density at radius 2 is 1.64 bits per heavy atom. The van der Waals surface area contributed by atoms with Gasteiger partial charge < -0.3 is 4.74 Å². The predicted molar refractivity (Wildman–Crippen MR) is 156 cm³/mol. The van der Waals surface area contributed by atoms with Crippen LogP contribution < -0.4 is 4.74 Å². The van der Waals surface area contributed by atoms with E-state index in [1.54, 1.807) is 0 Å². The van der Waals surface area contributed by atoms with Gasteiger partial charge in [-0.1, -0.05) is 61.7 Å². The summed E-state index contributed by atoms with van der Waals surface area (Å²) in [7, 11) is 0. The maximum atomic E-state index is 12.9. The van der Waals surface area contributed by atoms with E-state index < -0.39 is 0 Å². The maximum Gasteiger partial charge on any atom is 0.236 e. The monoisotopic (exact) mass is 510 g/mol. The van der Waals surface area contributed by atoms with Gasteiger partial charge in [-0.3, -0.25) is 4.79 Å². The van der Waals surface area contributed by atoms with Crippen LogP contribution >= 0.6 is 0 Å². The summed E-state index contributed by atoms with van der Waals surface area (Å²) in [5.41, 5.74) is 5.58. The van der Waals surface area contributed by atoms with Gasteiger partial charge in [0.05, 0.1) is 22.1 Å². The normalized spacial score (nSPS) is 21.5. The van der Waals surface area contributed by atoms with E-state index in [9.17, 15) is 4.79 Å². The molecule has 0 spiro atoms. The molecular formula is C35H30N2O2. The van der Waals surface area contributed by atoms with E-state index in [0.29, 0.717) is 28.8 Å². The number of Topliss-reactive ketones (excluding diaryl/α,β-unsaturated/α-hetero) is 1.